The van der Waals surface area contributed by atoms with Crippen LogP contribution in [0.3, 0.4) is 0 Å². The first kappa shape index (κ1) is 22.9. The number of fused-ring (bicyclic) bond motifs is 2. The maximum atomic E-state index is 12.5. The van der Waals surface area contributed by atoms with Crippen LogP contribution in [0.1, 0.15) is 18.4 Å². The summed E-state index contributed by atoms with van der Waals surface area (Å²) in [6.07, 6.45) is 1.80. The highest BCUT2D eigenvalue weighted by Crippen LogP contribution is 2.32. The smallest absolute Gasteiger partial charge is 0.257 e. The van der Waals surface area contributed by atoms with E-state index in [0.29, 0.717) is 24.7 Å². The summed E-state index contributed by atoms with van der Waals surface area (Å²) in [6.45, 7) is 1.51. The molecule has 2 heterocycles. The first-order valence-electron chi connectivity index (χ1n) is 10.7. The molecule has 11 heteroatoms. The van der Waals surface area contributed by atoms with Crippen molar-refractivity contribution < 1.29 is 27.5 Å². The van der Waals surface area contributed by atoms with Crippen LogP contribution >= 0.6 is 0 Å². The number of ether oxygens (including phenoxy) is 2. The number of amides is 2. The SMILES string of the molecule is O=C(CCNS(=O)(=O)c1ccc2c(c1)OCCO2)NNC(=O)CN1CCCc2ccccc21. The second kappa shape index (κ2) is 10.1. The van der Waals surface area contributed by atoms with E-state index in [1.165, 1.54) is 23.8 Å². The quantitative estimate of drug-likeness (QED) is 0.505. The fourth-order valence-corrected chi connectivity index (χ4v) is 4.81. The van der Waals surface area contributed by atoms with Crippen LogP contribution in [0.5, 0.6) is 11.5 Å². The number of anilines is 1. The number of sulfonamides is 1. The van der Waals surface area contributed by atoms with E-state index in [1.807, 2.05) is 29.2 Å². The Morgan fingerprint density at radius 1 is 0.970 bits per heavy atom. The third-order valence-corrected chi connectivity index (χ3v) is 6.81. The Kier molecular flexibility index (Phi) is 6.99. The van der Waals surface area contributed by atoms with Crippen LogP contribution < -0.4 is 29.9 Å². The van der Waals surface area contributed by atoms with Crippen LogP contribution in [0.25, 0.3) is 0 Å². The van der Waals surface area contributed by atoms with Gasteiger partial charge in [-0.25, -0.2) is 13.1 Å². The predicted octanol–water partition coefficient (Wildman–Crippen LogP) is 0.726. The number of carbonyl (C=O) groups is 2. The van der Waals surface area contributed by atoms with Gasteiger partial charge in [0.1, 0.15) is 13.2 Å². The van der Waals surface area contributed by atoms with E-state index in [0.717, 1.165) is 25.1 Å². The van der Waals surface area contributed by atoms with E-state index in [2.05, 4.69) is 15.6 Å². The van der Waals surface area contributed by atoms with Gasteiger partial charge >= 0.3 is 0 Å². The standard InChI is InChI=1S/C22H26N4O6S/c27-21(24-25-22(28)15-26-11-3-5-16-4-1-2-6-18(16)26)9-10-23-33(29,30)17-7-8-19-20(14-17)32-13-12-31-19/h1-2,4,6-8,14,23H,3,5,9-13,15H2,(H,24,27)(H,25,28). The van der Waals surface area contributed by atoms with Gasteiger partial charge in [0.25, 0.3) is 5.91 Å². The average molecular weight is 475 g/mol. The Bertz CT molecular complexity index is 1140. The molecule has 33 heavy (non-hydrogen) atoms. The molecule has 0 saturated heterocycles. The zero-order chi connectivity index (χ0) is 23.3. The Hall–Kier alpha value is -3.31. The molecule has 2 amide bonds. The number of aryl methyl sites for hydroxylation is 1. The van der Waals surface area contributed by atoms with Crippen LogP contribution in [-0.4, -0.2) is 53.1 Å². The molecule has 3 N–H and O–H groups in total. The maximum absolute atomic E-state index is 12.5. The van der Waals surface area contributed by atoms with Crippen molar-refractivity contribution in [3.05, 3.63) is 48.0 Å². The summed E-state index contributed by atoms with van der Waals surface area (Å²) >= 11 is 0. The molecule has 2 aliphatic rings. The van der Waals surface area contributed by atoms with Crippen molar-refractivity contribution in [2.24, 2.45) is 0 Å². The van der Waals surface area contributed by atoms with Crippen LogP contribution in [0, 0.1) is 0 Å². The molecule has 0 saturated carbocycles. The molecule has 0 aromatic heterocycles. The Balaban J connectivity index is 1.21. The molecule has 2 aromatic rings. The van der Waals surface area contributed by atoms with Gasteiger partial charge in [-0.05, 0) is 36.6 Å². The van der Waals surface area contributed by atoms with Gasteiger partial charge in [0.2, 0.25) is 15.9 Å². The van der Waals surface area contributed by atoms with Gasteiger partial charge in [0.05, 0.1) is 11.4 Å². The van der Waals surface area contributed by atoms with Gasteiger partial charge in [0, 0.05) is 31.3 Å². The number of nitrogens with one attached hydrogen (secondary N) is 3. The molecule has 0 bridgehead atoms. The van der Waals surface area contributed by atoms with Gasteiger partial charge in [-0.1, -0.05) is 18.2 Å². The lowest BCUT2D eigenvalue weighted by atomic mass is 10.0. The number of carbonyl (C=O) groups excluding carboxylic acids is 2. The summed E-state index contributed by atoms with van der Waals surface area (Å²) in [6, 6.07) is 12.3. The first-order chi connectivity index (χ1) is 15.9. The second-order valence-corrected chi connectivity index (χ2v) is 9.47. The molecular formula is C22H26N4O6S. The van der Waals surface area contributed by atoms with Crippen molar-refractivity contribution >= 4 is 27.5 Å². The van der Waals surface area contributed by atoms with Gasteiger partial charge in [0.15, 0.2) is 11.5 Å². The van der Waals surface area contributed by atoms with Crippen LogP contribution in [0.2, 0.25) is 0 Å². The van der Waals surface area contributed by atoms with E-state index < -0.39 is 15.9 Å². The number of hydrogen-bond acceptors (Lipinski definition) is 7. The summed E-state index contributed by atoms with van der Waals surface area (Å²) in [5.41, 5.74) is 6.94. The number of rotatable bonds is 7. The summed E-state index contributed by atoms with van der Waals surface area (Å²) in [5, 5.41) is 0. The van der Waals surface area contributed by atoms with Gasteiger partial charge in [-0.15, -0.1) is 0 Å². The number of hydrogen-bond donors (Lipinski definition) is 3. The van der Waals surface area contributed by atoms with E-state index in [1.54, 1.807) is 0 Å². The van der Waals surface area contributed by atoms with E-state index >= 15 is 0 Å². The molecule has 2 aromatic carbocycles. The molecule has 0 unspecified atom stereocenters. The molecule has 0 atom stereocenters. The Morgan fingerprint density at radius 2 is 1.73 bits per heavy atom. The molecule has 0 radical (unpaired) electrons. The van der Waals surface area contributed by atoms with Crippen molar-refractivity contribution in [1.29, 1.82) is 0 Å². The van der Waals surface area contributed by atoms with Gasteiger partial charge in [-0.3, -0.25) is 20.4 Å². The monoisotopic (exact) mass is 474 g/mol. The summed E-state index contributed by atoms with van der Waals surface area (Å²) < 4.78 is 38.1. The second-order valence-electron chi connectivity index (χ2n) is 7.70. The van der Waals surface area contributed by atoms with E-state index in [-0.39, 0.29) is 30.3 Å². The topological polar surface area (TPSA) is 126 Å². The zero-order valence-electron chi connectivity index (χ0n) is 18.0. The minimum atomic E-state index is -3.83. The number of para-hydroxylation sites is 1. The average Bonchev–Trinajstić information content (AvgIpc) is 2.82. The van der Waals surface area contributed by atoms with Gasteiger partial charge < -0.3 is 14.4 Å². The minimum absolute atomic E-state index is 0.0160. The normalized spacial score (nSPS) is 14.8. The summed E-state index contributed by atoms with van der Waals surface area (Å²) in [4.78, 5) is 26.3. The van der Waals surface area contributed by atoms with E-state index in [9.17, 15) is 18.0 Å². The number of hydrazine groups is 1. The molecule has 4 rings (SSSR count). The molecule has 2 aliphatic heterocycles. The summed E-state index contributed by atoms with van der Waals surface area (Å²) in [5.74, 6) is -0.00606. The lowest BCUT2D eigenvalue weighted by Gasteiger charge is -2.30. The minimum Gasteiger partial charge on any atom is -0.486 e. The summed E-state index contributed by atoms with van der Waals surface area (Å²) in [7, 11) is -3.83. The highest BCUT2D eigenvalue weighted by molar-refractivity contribution is 7.89. The third kappa shape index (κ3) is 5.74. The highest BCUT2D eigenvalue weighted by atomic mass is 32.2. The molecule has 176 valence electrons. The number of benzene rings is 2. The van der Waals surface area contributed by atoms with Crippen LogP contribution in [0.4, 0.5) is 5.69 Å². The van der Waals surface area contributed by atoms with Crippen molar-refractivity contribution in [3.8, 4) is 11.5 Å². The Labute approximate surface area is 192 Å². The lowest BCUT2D eigenvalue weighted by Crippen LogP contribution is -2.47. The predicted molar refractivity (Wildman–Crippen MR) is 120 cm³/mol. The Morgan fingerprint density at radius 3 is 2.58 bits per heavy atom. The fraction of sp³-hybridized carbons (Fsp3) is 0.364. The van der Waals surface area contributed by atoms with Crippen LogP contribution in [-0.2, 0) is 26.0 Å². The maximum Gasteiger partial charge on any atom is 0.257 e. The largest absolute Gasteiger partial charge is 0.486 e. The van der Waals surface area contributed by atoms with Crippen molar-refractivity contribution in [2.75, 3.05) is 37.7 Å². The fourth-order valence-electron chi connectivity index (χ4n) is 3.76. The highest BCUT2D eigenvalue weighted by Gasteiger charge is 2.20. The molecular weight excluding hydrogens is 448 g/mol. The molecule has 0 fully saturated rings. The molecule has 0 aliphatic carbocycles. The van der Waals surface area contributed by atoms with Crippen molar-refractivity contribution in [2.45, 2.75) is 24.2 Å². The van der Waals surface area contributed by atoms with E-state index in [4.69, 9.17) is 9.47 Å². The van der Waals surface area contributed by atoms with Crippen molar-refractivity contribution in [1.82, 2.24) is 15.6 Å². The first-order valence-corrected chi connectivity index (χ1v) is 12.2. The molecule has 10 nitrogen and oxygen atoms in total. The third-order valence-electron chi connectivity index (χ3n) is 5.35. The van der Waals surface area contributed by atoms with Gasteiger partial charge in [-0.2, -0.15) is 0 Å². The molecule has 0 spiro atoms. The lowest BCUT2D eigenvalue weighted by molar-refractivity contribution is -0.128. The number of nitrogens with zero attached hydrogens (tertiary/aromatic N) is 1. The zero-order valence-corrected chi connectivity index (χ0v) is 18.8. The van der Waals surface area contributed by atoms with Crippen molar-refractivity contribution in [3.63, 3.8) is 0 Å². The van der Waals surface area contributed by atoms with Crippen LogP contribution in [0.15, 0.2) is 47.4 Å².